The smallest absolute Gasteiger partial charge is 0.407 e. The predicted molar refractivity (Wildman–Crippen MR) is 166 cm³/mol. The molecular formula is C29H38N2O11P2. The van der Waals surface area contributed by atoms with Crippen LogP contribution in [0.25, 0.3) is 0 Å². The number of hydrogen-bond donors (Lipinski definition) is 2. The van der Waals surface area contributed by atoms with E-state index in [-0.39, 0.29) is 45.6 Å². The molecule has 13 nitrogen and oxygen atoms in total. The van der Waals surface area contributed by atoms with Crippen molar-refractivity contribution in [2.24, 2.45) is 0 Å². The number of carbonyl (C=O) groups excluding carboxylic acids is 4. The molecule has 0 spiro atoms. The highest BCUT2D eigenvalue weighted by Gasteiger charge is 2.29. The molecule has 0 aliphatic heterocycles. The standard InChI is InChI=1S/C19H20NO5P.C10H18NO6P/c1-2-18(21)24-14-13-20-19(22)25-15-26(23,16-9-5-3-6-10-16)17-11-7-4-8-12-17;1-4-9(12)15-7-6-11-10(13)16-8-18(3,14)17-5-2/h2-12H,1,13-15H2,(H,20,22);4H,1,5-8H2,2-3H3,(H,11,13). The molecule has 0 saturated carbocycles. The normalized spacial score (nSPS) is 11.7. The van der Waals surface area contributed by atoms with Gasteiger partial charge in [0.1, 0.15) is 13.2 Å². The van der Waals surface area contributed by atoms with Crippen LogP contribution < -0.4 is 21.2 Å². The second-order valence-electron chi connectivity index (χ2n) is 8.56. The molecule has 0 fully saturated rings. The van der Waals surface area contributed by atoms with Crippen molar-refractivity contribution >= 4 is 49.2 Å². The Balaban J connectivity index is 0.000000474. The van der Waals surface area contributed by atoms with Gasteiger partial charge in [-0.25, -0.2) is 19.2 Å². The maximum Gasteiger partial charge on any atom is 0.407 e. The number of amides is 2. The first kappa shape index (κ1) is 37.8. The lowest BCUT2D eigenvalue weighted by atomic mass is 10.4. The summed E-state index contributed by atoms with van der Waals surface area (Å²) in [4.78, 5) is 44.5. The van der Waals surface area contributed by atoms with Gasteiger partial charge in [-0.1, -0.05) is 73.8 Å². The Hall–Kier alpha value is -4.18. The van der Waals surface area contributed by atoms with Crippen molar-refractivity contribution < 1.29 is 51.8 Å². The van der Waals surface area contributed by atoms with Gasteiger partial charge in [0.05, 0.1) is 19.7 Å². The Labute approximate surface area is 256 Å². The van der Waals surface area contributed by atoms with Gasteiger partial charge < -0.3 is 38.7 Å². The van der Waals surface area contributed by atoms with Gasteiger partial charge in [-0.2, -0.15) is 0 Å². The van der Waals surface area contributed by atoms with Crippen LogP contribution in [0, 0.1) is 0 Å². The molecule has 44 heavy (non-hydrogen) atoms. The summed E-state index contributed by atoms with van der Waals surface area (Å²) in [5.41, 5.74) is 0. The van der Waals surface area contributed by atoms with Crippen LogP contribution >= 0.6 is 14.5 Å². The number of ether oxygens (including phenoxy) is 4. The Bertz CT molecular complexity index is 1280. The minimum atomic E-state index is -3.12. The maximum atomic E-state index is 13.6. The summed E-state index contributed by atoms with van der Waals surface area (Å²) in [5.74, 6) is -1.14. The SMILES string of the molecule is C=CC(=O)OCCNC(=O)OCP(=O)(c1ccccc1)c1ccccc1.C=CC(=O)OCCNC(=O)OCP(C)(=O)OCC. The lowest BCUT2D eigenvalue weighted by Crippen LogP contribution is -2.30. The Morgan fingerprint density at radius 2 is 1.11 bits per heavy atom. The quantitative estimate of drug-likeness (QED) is 0.0889. The predicted octanol–water partition coefficient (Wildman–Crippen LogP) is 3.76. The maximum absolute atomic E-state index is 13.6. The molecule has 1 atom stereocenters. The molecule has 0 aliphatic carbocycles. The number of carbonyl (C=O) groups is 4. The third-order valence-corrected chi connectivity index (χ3v) is 9.28. The van der Waals surface area contributed by atoms with Gasteiger partial charge in [-0.3, -0.25) is 4.57 Å². The number of esters is 2. The third kappa shape index (κ3) is 15.3. The number of rotatable bonds is 16. The average molecular weight is 653 g/mol. The van der Waals surface area contributed by atoms with Crippen molar-refractivity contribution in [3.63, 3.8) is 0 Å². The van der Waals surface area contributed by atoms with Crippen LogP contribution in [-0.2, 0) is 42.2 Å². The minimum absolute atomic E-state index is 0.00498. The first-order valence-corrected chi connectivity index (χ1v) is 17.4. The highest BCUT2D eigenvalue weighted by Crippen LogP contribution is 2.43. The van der Waals surface area contributed by atoms with Gasteiger partial charge >= 0.3 is 24.1 Å². The molecule has 2 amide bonds. The lowest BCUT2D eigenvalue weighted by molar-refractivity contribution is -0.138. The van der Waals surface area contributed by atoms with Gasteiger partial charge in [-0.15, -0.1) is 0 Å². The average Bonchev–Trinajstić information content (AvgIpc) is 3.03. The van der Waals surface area contributed by atoms with E-state index >= 15 is 0 Å². The van der Waals surface area contributed by atoms with Crippen LogP contribution in [0.5, 0.6) is 0 Å². The lowest BCUT2D eigenvalue weighted by Gasteiger charge is -2.19. The molecule has 0 radical (unpaired) electrons. The van der Waals surface area contributed by atoms with Crippen molar-refractivity contribution in [3.05, 3.63) is 86.0 Å². The van der Waals surface area contributed by atoms with Gasteiger partial charge in [0.15, 0.2) is 19.8 Å². The first-order valence-electron chi connectivity index (χ1n) is 13.3. The number of alkyl carbamates (subject to hydrolysis) is 2. The van der Waals surface area contributed by atoms with E-state index < -0.39 is 38.6 Å². The van der Waals surface area contributed by atoms with Gasteiger partial charge in [0.2, 0.25) is 7.37 Å². The third-order valence-electron chi connectivity index (χ3n) is 5.12. The van der Waals surface area contributed by atoms with Crippen LogP contribution in [0.4, 0.5) is 9.59 Å². The van der Waals surface area contributed by atoms with Crippen LogP contribution in [0.3, 0.4) is 0 Å². The van der Waals surface area contributed by atoms with E-state index in [4.69, 9.17) is 18.7 Å². The van der Waals surface area contributed by atoms with Crippen LogP contribution in [0.2, 0.25) is 0 Å². The zero-order chi connectivity index (χ0) is 32.8. The van der Waals surface area contributed by atoms with Crippen molar-refractivity contribution in [1.29, 1.82) is 0 Å². The minimum Gasteiger partial charge on any atom is -0.461 e. The van der Waals surface area contributed by atoms with E-state index in [1.165, 1.54) is 6.66 Å². The fourth-order valence-corrected chi connectivity index (χ4v) is 6.28. The molecule has 2 aromatic rings. The molecule has 0 saturated heterocycles. The molecule has 15 heteroatoms. The molecule has 2 rings (SSSR count). The molecule has 2 N–H and O–H groups in total. The molecule has 0 aliphatic rings. The van der Waals surface area contributed by atoms with E-state index in [1.807, 2.05) is 12.1 Å². The van der Waals surface area contributed by atoms with Gasteiger partial charge in [0.25, 0.3) is 0 Å². The van der Waals surface area contributed by atoms with Crippen molar-refractivity contribution in [3.8, 4) is 0 Å². The zero-order valence-corrected chi connectivity index (χ0v) is 26.5. The van der Waals surface area contributed by atoms with Crippen molar-refractivity contribution in [2.45, 2.75) is 6.92 Å². The molecule has 0 bridgehead atoms. The summed E-state index contributed by atoms with van der Waals surface area (Å²) < 4.78 is 49.3. The van der Waals surface area contributed by atoms with E-state index in [9.17, 15) is 28.3 Å². The molecule has 1 unspecified atom stereocenters. The molecule has 240 valence electrons. The molecular weight excluding hydrogens is 614 g/mol. The topological polar surface area (TPSA) is 173 Å². The number of hydrogen-bond acceptors (Lipinski definition) is 11. The summed E-state index contributed by atoms with van der Waals surface area (Å²) in [6, 6.07) is 17.8. The van der Waals surface area contributed by atoms with E-state index in [0.29, 0.717) is 10.6 Å². The number of benzene rings is 2. The van der Waals surface area contributed by atoms with Gasteiger partial charge in [0, 0.05) is 29.4 Å². The van der Waals surface area contributed by atoms with Crippen LogP contribution in [0.15, 0.2) is 86.0 Å². The second-order valence-corrected chi connectivity index (χ2v) is 13.9. The summed E-state index contributed by atoms with van der Waals surface area (Å²) in [5, 5.41) is 5.99. The van der Waals surface area contributed by atoms with Crippen LogP contribution in [0.1, 0.15) is 6.92 Å². The van der Waals surface area contributed by atoms with Crippen LogP contribution in [-0.4, -0.2) is 76.4 Å². The zero-order valence-electron chi connectivity index (χ0n) is 24.7. The molecule has 0 heterocycles. The largest absolute Gasteiger partial charge is 0.461 e. The van der Waals surface area contributed by atoms with E-state index in [0.717, 1.165) is 12.2 Å². The fourth-order valence-electron chi connectivity index (χ4n) is 3.10. The summed E-state index contributed by atoms with van der Waals surface area (Å²) in [6.07, 6.45) is 0.0266. The first-order chi connectivity index (χ1) is 21.0. The Kier molecular flexibility index (Phi) is 17.8. The monoisotopic (exact) mass is 652 g/mol. The number of nitrogens with one attached hydrogen (secondary N) is 2. The summed E-state index contributed by atoms with van der Waals surface area (Å²) >= 11 is 0. The summed E-state index contributed by atoms with van der Waals surface area (Å²) in [6.45, 7) is 10.0. The van der Waals surface area contributed by atoms with Crippen molar-refractivity contribution in [1.82, 2.24) is 10.6 Å². The molecule has 0 aromatic heterocycles. The Morgan fingerprint density at radius 3 is 1.50 bits per heavy atom. The Morgan fingerprint density at radius 1 is 0.705 bits per heavy atom. The van der Waals surface area contributed by atoms with Crippen molar-refractivity contribution in [2.75, 3.05) is 52.3 Å². The summed E-state index contributed by atoms with van der Waals surface area (Å²) in [7, 11) is -6.01. The molecule has 2 aromatic carbocycles. The van der Waals surface area contributed by atoms with Gasteiger partial charge in [-0.05, 0) is 6.92 Å². The fraction of sp³-hybridized carbons (Fsp3) is 0.310. The second kappa shape index (κ2) is 20.7. The highest BCUT2D eigenvalue weighted by atomic mass is 31.2. The highest BCUT2D eigenvalue weighted by molar-refractivity contribution is 7.78. The van der Waals surface area contributed by atoms with E-state index in [2.05, 4.69) is 28.5 Å². The van der Waals surface area contributed by atoms with E-state index in [1.54, 1.807) is 55.5 Å².